The number of aryl methyl sites for hydroxylation is 3. The van der Waals surface area contributed by atoms with Crippen molar-refractivity contribution in [2.45, 2.75) is 20.5 Å². The molecule has 0 amide bonds. The van der Waals surface area contributed by atoms with E-state index in [9.17, 15) is 4.39 Å². The molecular weight excluding hydrogens is 219 g/mol. The van der Waals surface area contributed by atoms with Gasteiger partial charge in [-0.1, -0.05) is 6.07 Å². The van der Waals surface area contributed by atoms with Crippen LogP contribution in [0.2, 0.25) is 0 Å². The molecular formula is C13H15FN2O. The van der Waals surface area contributed by atoms with Crippen LogP contribution in [-0.2, 0) is 13.7 Å². The number of benzene rings is 1. The molecule has 0 N–H and O–H groups in total. The van der Waals surface area contributed by atoms with E-state index < -0.39 is 0 Å². The van der Waals surface area contributed by atoms with Crippen LogP contribution >= 0.6 is 0 Å². The predicted molar refractivity (Wildman–Crippen MR) is 63.4 cm³/mol. The highest BCUT2D eigenvalue weighted by atomic mass is 19.1. The summed E-state index contributed by atoms with van der Waals surface area (Å²) in [4.78, 5) is 0. The number of ether oxygens (including phenoxy) is 1. The largest absolute Gasteiger partial charge is 0.487 e. The Bertz CT molecular complexity index is 534. The van der Waals surface area contributed by atoms with Crippen molar-refractivity contribution >= 4 is 0 Å². The summed E-state index contributed by atoms with van der Waals surface area (Å²) in [5.41, 5.74) is 2.53. The van der Waals surface area contributed by atoms with Crippen LogP contribution in [0.15, 0.2) is 24.3 Å². The molecule has 4 heteroatoms. The van der Waals surface area contributed by atoms with Gasteiger partial charge in [-0.3, -0.25) is 4.68 Å². The lowest BCUT2D eigenvalue weighted by Gasteiger charge is -2.07. The molecule has 0 aliphatic carbocycles. The maximum absolute atomic E-state index is 13.3. The Kier molecular flexibility index (Phi) is 3.13. The van der Waals surface area contributed by atoms with Crippen LogP contribution in [0.5, 0.6) is 5.75 Å². The van der Waals surface area contributed by atoms with E-state index in [4.69, 9.17) is 4.74 Å². The zero-order valence-corrected chi connectivity index (χ0v) is 10.2. The molecule has 17 heavy (non-hydrogen) atoms. The average molecular weight is 234 g/mol. The lowest BCUT2D eigenvalue weighted by Crippen LogP contribution is -2.03. The summed E-state index contributed by atoms with van der Waals surface area (Å²) >= 11 is 0. The fourth-order valence-electron chi connectivity index (χ4n) is 1.62. The minimum Gasteiger partial charge on any atom is -0.487 e. The first-order valence-electron chi connectivity index (χ1n) is 5.45. The van der Waals surface area contributed by atoms with Gasteiger partial charge < -0.3 is 4.74 Å². The van der Waals surface area contributed by atoms with Crippen LogP contribution in [0.25, 0.3) is 0 Å². The van der Waals surface area contributed by atoms with E-state index in [1.54, 1.807) is 23.7 Å². The number of halogens is 1. The summed E-state index contributed by atoms with van der Waals surface area (Å²) in [5.74, 6) is 0.288. The second kappa shape index (κ2) is 4.57. The van der Waals surface area contributed by atoms with Gasteiger partial charge in [0.25, 0.3) is 0 Å². The third-order valence-corrected chi connectivity index (χ3v) is 2.63. The highest BCUT2D eigenvalue weighted by molar-refractivity contribution is 5.28. The second-order valence-electron chi connectivity index (χ2n) is 4.10. The van der Waals surface area contributed by atoms with Crippen molar-refractivity contribution in [2.24, 2.45) is 7.05 Å². The zero-order valence-electron chi connectivity index (χ0n) is 10.2. The summed E-state index contributed by atoms with van der Waals surface area (Å²) in [6.07, 6.45) is 0. The van der Waals surface area contributed by atoms with E-state index in [0.717, 1.165) is 11.4 Å². The maximum atomic E-state index is 13.3. The Balaban J connectivity index is 2.07. The van der Waals surface area contributed by atoms with Crippen molar-refractivity contribution in [3.05, 3.63) is 47.0 Å². The average Bonchev–Trinajstić information content (AvgIpc) is 2.59. The highest BCUT2D eigenvalue weighted by Gasteiger charge is 2.04. The Morgan fingerprint density at radius 2 is 2.06 bits per heavy atom. The summed E-state index contributed by atoms with van der Waals surface area (Å²) in [6.45, 7) is 4.04. The molecule has 0 saturated carbocycles. The van der Waals surface area contributed by atoms with Crippen molar-refractivity contribution in [1.82, 2.24) is 9.78 Å². The summed E-state index contributed by atoms with van der Waals surface area (Å²) < 4.78 is 20.6. The molecule has 0 unspecified atom stereocenters. The second-order valence-corrected chi connectivity index (χ2v) is 4.10. The van der Waals surface area contributed by atoms with Gasteiger partial charge in [0.1, 0.15) is 18.2 Å². The zero-order chi connectivity index (χ0) is 12.4. The van der Waals surface area contributed by atoms with Crippen LogP contribution in [-0.4, -0.2) is 9.78 Å². The molecule has 0 fully saturated rings. The topological polar surface area (TPSA) is 27.1 Å². The van der Waals surface area contributed by atoms with Gasteiger partial charge in [0.05, 0.1) is 11.4 Å². The molecule has 2 aromatic rings. The molecule has 0 atom stereocenters. The normalized spacial score (nSPS) is 10.6. The van der Waals surface area contributed by atoms with E-state index in [2.05, 4.69) is 5.10 Å². The first kappa shape index (κ1) is 11.6. The smallest absolute Gasteiger partial charge is 0.130 e. The first-order chi connectivity index (χ1) is 8.06. The third kappa shape index (κ3) is 2.64. The van der Waals surface area contributed by atoms with Gasteiger partial charge in [0.15, 0.2) is 0 Å². The van der Waals surface area contributed by atoms with E-state index in [-0.39, 0.29) is 5.82 Å². The first-order valence-corrected chi connectivity index (χ1v) is 5.45. The van der Waals surface area contributed by atoms with Crippen molar-refractivity contribution in [1.29, 1.82) is 0 Å². The number of nitrogens with zero attached hydrogens (tertiary/aromatic N) is 2. The number of hydrogen-bond donors (Lipinski definition) is 0. The fourth-order valence-corrected chi connectivity index (χ4v) is 1.62. The van der Waals surface area contributed by atoms with Crippen LogP contribution < -0.4 is 4.74 Å². The number of hydrogen-bond acceptors (Lipinski definition) is 2. The molecule has 0 bridgehead atoms. The Hall–Kier alpha value is -1.84. The van der Waals surface area contributed by atoms with Gasteiger partial charge in [-0.2, -0.15) is 5.10 Å². The standard InChI is InChI=1S/C13H15FN2O/c1-9-4-5-12(7-13(9)14)17-8-11-6-10(2)15-16(11)3/h4-7H,8H2,1-3H3. The quantitative estimate of drug-likeness (QED) is 0.816. The van der Waals surface area contributed by atoms with Crippen LogP contribution in [0.3, 0.4) is 0 Å². The number of rotatable bonds is 3. The van der Waals surface area contributed by atoms with Crippen LogP contribution in [0.4, 0.5) is 4.39 Å². The van der Waals surface area contributed by atoms with E-state index in [1.807, 2.05) is 20.0 Å². The molecule has 1 aromatic heterocycles. The number of aromatic nitrogens is 2. The van der Waals surface area contributed by atoms with Crippen molar-refractivity contribution in [3.8, 4) is 5.75 Å². The Labute approximate surface area is 99.8 Å². The van der Waals surface area contributed by atoms with Crippen molar-refractivity contribution < 1.29 is 9.13 Å². The molecule has 1 heterocycles. The highest BCUT2D eigenvalue weighted by Crippen LogP contribution is 2.17. The lowest BCUT2D eigenvalue weighted by molar-refractivity contribution is 0.293. The van der Waals surface area contributed by atoms with E-state index in [0.29, 0.717) is 17.9 Å². The van der Waals surface area contributed by atoms with Gasteiger partial charge in [0, 0.05) is 13.1 Å². The summed E-state index contributed by atoms with van der Waals surface area (Å²) in [7, 11) is 1.86. The maximum Gasteiger partial charge on any atom is 0.130 e. The molecule has 0 aliphatic rings. The molecule has 0 radical (unpaired) electrons. The summed E-state index contributed by atoms with van der Waals surface area (Å²) in [5, 5.41) is 4.22. The van der Waals surface area contributed by atoms with Gasteiger partial charge in [-0.15, -0.1) is 0 Å². The molecule has 0 aliphatic heterocycles. The van der Waals surface area contributed by atoms with Gasteiger partial charge in [0.2, 0.25) is 0 Å². The Morgan fingerprint density at radius 1 is 1.29 bits per heavy atom. The minimum absolute atomic E-state index is 0.247. The van der Waals surface area contributed by atoms with E-state index in [1.165, 1.54) is 6.07 Å². The SMILES string of the molecule is Cc1cc(COc2ccc(C)c(F)c2)n(C)n1. The Morgan fingerprint density at radius 3 is 2.65 bits per heavy atom. The minimum atomic E-state index is -0.247. The molecule has 90 valence electrons. The van der Waals surface area contributed by atoms with Gasteiger partial charge >= 0.3 is 0 Å². The lowest BCUT2D eigenvalue weighted by atomic mass is 10.2. The van der Waals surface area contributed by atoms with E-state index >= 15 is 0 Å². The van der Waals surface area contributed by atoms with Crippen LogP contribution in [0.1, 0.15) is 17.0 Å². The predicted octanol–water partition coefficient (Wildman–Crippen LogP) is 2.76. The molecule has 0 saturated heterocycles. The van der Waals surface area contributed by atoms with Crippen molar-refractivity contribution in [3.63, 3.8) is 0 Å². The molecule has 3 nitrogen and oxygen atoms in total. The van der Waals surface area contributed by atoms with Gasteiger partial charge in [-0.05, 0) is 31.5 Å². The molecule has 0 spiro atoms. The van der Waals surface area contributed by atoms with Gasteiger partial charge in [-0.25, -0.2) is 4.39 Å². The molecule has 1 aromatic carbocycles. The third-order valence-electron chi connectivity index (χ3n) is 2.63. The fraction of sp³-hybridized carbons (Fsp3) is 0.308. The van der Waals surface area contributed by atoms with Crippen LogP contribution in [0, 0.1) is 19.7 Å². The molecule has 2 rings (SSSR count). The monoisotopic (exact) mass is 234 g/mol. The summed E-state index contributed by atoms with van der Waals surface area (Å²) in [6, 6.07) is 6.82. The van der Waals surface area contributed by atoms with Crippen molar-refractivity contribution in [2.75, 3.05) is 0 Å².